The molecule has 3 heterocycles. The number of aromatic nitrogens is 2. The molecule has 1 aromatic carbocycles. The zero-order valence-corrected chi connectivity index (χ0v) is 19.1. The van der Waals surface area contributed by atoms with Crippen molar-refractivity contribution in [3.63, 3.8) is 0 Å². The van der Waals surface area contributed by atoms with E-state index >= 15 is 0 Å². The second-order valence-corrected chi connectivity index (χ2v) is 9.79. The Kier molecular flexibility index (Phi) is 5.52. The number of ether oxygens (including phenoxy) is 1. The van der Waals surface area contributed by atoms with Crippen molar-refractivity contribution in [2.24, 2.45) is 0 Å². The maximum atomic E-state index is 13.3. The minimum Gasteiger partial charge on any atom is -0.368 e. The van der Waals surface area contributed by atoms with Crippen LogP contribution in [0.1, 0.15) is 54.5 Å². The maximum absolute atomic E-state index is 13.3. The molecule has 0 amide bonds. The highest BCUT2D eigenvalue weighted by Gasteiger charge is 2.48. The van der Waals surface area contributed by atoms with Crippen LogP contribution in [0.3, 0.4) is 0 Å². The van der Waals surface area contributed by atoms with E-state index in [4.69, 9.17) is 4.74 Å². The van der Waals surface area contributed by atoms with Crippen LogP contribution in [-0.2, 0) is 29.4 Å². The number of benzene rings is 1. The summed E-state index contributed by atoms with van der Waals surface area (Å²) < 4.78 is 46.2. The molecule has 1 aliphatic carbocycles. The van der Waals surface area contributed by atoms with Crippen molar-refractivity contribution >= 4 is 11.0 Å². The Morgan fingerprint density at radius 2 is 1.82 bits per heavy atom. The molecule has 0 atom stereocenters. The highest BCUT2D eigenvalue weighted by Crippen LogP contribution is 2.50. The molecule has 4 nitrogen and oxygen atoms in total. The third kappa shape index (κ3) is 3.95. The lowest BCUT2D eigenvalue weighted by Gasteiger charge is -2.50. The molecule has 2 aliphatic rings. The Balaban J connectivity index is 1.42. The molecule has 0 bridgehead atoms. The molecule has 0 unspecified atom stereocenters. The van der Waals surface area contributed by atoms with E-state index in [0.717, 1.165) is 56.0 Å². The fourth-order valence-corrected chi connectivity index (χ4v) is 5.80. The lowest BCUT2D eigenvalue weighted by atomic mass is 9.68. The van der Waals surface area contributed by atoms with Gasteiger partial charge in [0, 0.05) is 17.1 Å². The molecule has 176 valence electrons. The Morgan fingerprint density at radius 1 is 1.09 bits per heavy atom. The van der Waals surface area contributed by atoms with Gasteiger partial charge < -0.3 is 14.6 Å². The molecular weight excluding hydrogens is 427 g/mol. The summed E-state index contributed by atoms with van der Waals surface area (Å²) >= 11 is 0. The van der Waals surface area contributed by atoms with Gasteiger partial charge in [0.2, 0.25) is 0 Å². The van der Waals surface area contributed by atoms with Gasteiger partial charge in [0.15, 0.2) is 0 Å². The van der Waals surface area contributed by atoms with Gasteiger partial charge in [-0.1, -0.05) is 30.3 Å². The number of nitrogens with zero attached hydrogens (tertiary/aromatic N) is 2. The fourth-order valence-electron chi connectivity index (χ4n) is 5.80. The van der Waals surface area contributed by atoms with Gasteiger partial charge in [-0.2, -0.15) is 13.2 Å². The Hall–Kier alpha value is -2.38. The predicted molar refractivity (Wildman–Crippen MR) is 122 cm³/mol. The van der Waals surface area contributed by atoms with E-state index in [9.17, 15) is 13.2 Å². The molecular formula is C26H30F3N3O. The van der Waals surface area contributed by atoms with Crippen LogP contribution in [0.4, 0.5) is 13.2 Å². The minimum absolute atomic E-state index is 0.0791. The number of halogens is 3. The first kappa shape index (κ1) is 22.4. The molecule has 33 heavy (non-hydrogen) atoms. The lowest BCUT2D eigenvalue weighted by molar-refractivity contribution is -0.137. The van der Waals surface area contributed by atoms with Gasteiger partial charge >= 0.3 is 6.18 Å². The molecule has 7 heteroatoms. The highest BCUT2D eigenvalue weighted by molar-refractivity contribution is 5.82. The quantitative estimate of drug-likeness (QED) is 0.534. The molecule has 1 fully saturated rings. The molecule has 0 saturated heterocycles. The average molecular weight is 458 g/mol. The van der Waals surface area contributed by atoms with Crippen molar-refractivity contribution in [2.45, 2.75) is 62.3 Å². The number of pyridine rings is 1. The first-order valence-corrected chi connectivity index (χ1v) is 11.7. The van der Waals surface area contributed by atoms with Crippen molar-refractivity contribution < 1.29 is 17.9 Å². The number of fused-ring (bicyclic) bond motifs is 4. The van der Waals surface area contributed by atoms with Gasteiger partial charge in [-0.05, 0) is 76.2 Å². The number of alkyl halides is 3. The zero-order chi connectivity index (χ0) is 23.3. The van der Waals surface area contributed by atoms with Crippen LogP contribution in [-0.4, -0.2) is 41.1 Å². The number of H-pyrrole nitrogens is 1. The standard InChI is InChI=1S/C26H30F3N3O/c1-32(2)24(10-8-18-6-4-3-5-7-18)11-13-25(14-12-24)22-20(9-15-33-25)21-16-19(26(27,28)29)17-30-23(21)31-22/h3-7,16-17H,8-15H2,1-2H3,(H,30,31). The largest absolute Gasteiger partial charge is 0.417 e. The first-order chi connectivity index (χ1) is 15.7. The van der Waals surface area contributed by atoms with E-state index in [1.807, 2.05) is 6.07 Å². The smallest absolute Gasteiger partial charge is 0.368 e. The number of nitrogens with one attached hydrogen (secondary N) is 1. The normalized spacial score (nSPS) is 25.6. The highest BCUT2D eigenvalue weighted by atomic mass is 19.4. The summed E-state index contributed by atoms with van der Waals surface area (Å²) in [6, 6.07) is 11.8. The summed E-state index contributed by atoms with van der Waals surface area (Å²) in [5, 5.41) is 0.580. The molecule has 3 aromatic rings. The number of hydrogen-bond donors (Lipinski definition) is 1. The SMILES string of the molecule is CN(C)C1(CCc2ccccc2)CCC2(CC1)OCCc1c2[nH]c2ncc(C(F)(F)F)cc12. The molecule has 0 radical (unpaired) electrons. The summed E-state index contributed by atoms with van der Waals surface area (Å²) in [5.41, 5.74) is 2.65. The van der Waals surface area contributed by atoms with Crippen LogP contribution in [0.5, 0.6) is 0 Å². The Labute approximate surface area is 192 Å². The third-order valence-electron chi connectivity index (χ3n) is 7.93. The van der Waals surface area contributed by atoms with E-state index in [1.54, 1.807) is 0 Å². The summed E-state index contributed by atoms with van der Waals surface area (Å²) in [6.07, 6.45) is 2.84. The van der Waals surface area contributed by atoms with Crippen molar-refractivity contribution in [3.05, 3.63) is 65.0 Å². The lowest BCUT2D eigenvalue weighted by Crippen LogP contribution is -2.52. The Bertz CT molecular complexity index is 1130. The van der Waals surface area contributed by atoms with Crippen LogP contribution in [0, 0.1) is 0 Å². The summed E-state index contributed by atoms with van der Waals surface area (Å²) in [7, 11) is 4.31. The monoisotopic (exact) mass is 457 g/mol. The van der Waals surface area contributed by atoms with Crippen molar-refractivity contribution in [1.29, 1.82) is 0 Å². The number of aryl methyl sites for hydroxylation is 1. The molecule has 1 aliphatic heterocycles. The first-order valence-electron chi connectivity index (χ1n) is 11.7. The summed E-state index contributed by atoms with van der Waals surface area (Å²) in [5.74, 6) is 0. The molecule has 1 spiro atoms. The molecule has 2 aromatic heterocycles. The third-order valence-corrected chi connectivity index (χ3v) is 7.93. The fraction of sp³-hybridized carbons (Fsp3) is 0.500. The topological polar surface area (TPSA) is 41.1 Å². The van der Waals surface area contributed by atoms with E-state index in [0.29, 0.717) is 24.1 Å². The van der Waals surface area contributed by atoms with E-state index in [2.05, 4.69) is 53.2 Å². The van der Waals surface area contributed by atoms with Crippen LogP contribution in [0.15, 0.2) is 42.6 Å². The van der Waals surface area contributed by atoms with Gasteiger partial charge in [0.25, 0.3) is 0 Å². The maximum Gasteiger partial charge on any atom is 0.417 e. The Morgan fingerprint density at radius 3 is 2.48 bits per heavy atom. The van der Waals surface area contributed by atoms with E-state index < -0.39 is 17.3 Å². The van der Waals surface area contributed by atoms with Crippen LogP contribution >= 0.6 is 0 Å². The van der Waals surface area contributed by atoms with Crippen LogP contribution < -0.4 is 0 Å². The van der Waals surface area contributed by atoms with Crippen molar-refractivity contribution in [1.82, 2.24) is 14.9 Å². The number of aromatic amines is 1. The number of rotatable bonds is 4. The van der Waals surface area contributed by atoms with Gasteiger partial charge in [0.1, 0.15) is 11.2 Å². The van der Waals surface area contributed by atoms with Crippen LogP contribution in [0.2, 0.25) is 0 Å². The number of hydrogen-bond acceptors (Lipinski definition) is 3. The second-order valence-electron chi connectivity index (χ2n) is 9.79. The molecule has 5 rings (SSSR count). The molecule has 1 N–H and O–H groups in total. The summed E-state index contributed by atoms with van der Waals surface area (Å²) in [6.45, 7) is 0.523. The molecule has 1 saturated carbocycles. The second kappa shape index (κ2) is 8.13. The van der Waals surface area contributed by atoms with E-state index in [1.165, 1.54) is 11.6 Å². The van der Waals surface area contributed by atoms with Gasteiger partial charge in [-0.15, -0.1) is 0 Å². The average Bonchev–Trinajstić information content (AvgIpc) is 3.19. The van der Waals surface area contributed by atoms with E-state index in [-0.39, 0.29) is 5.54 Å². The van der Waals surface area contributed by atoms with Gasteiger partial charge in [-0.25, -0.2) is 4.98 Å². The van der Waals surface area contributed by atoms with Crippen LogP contribution in [0.25, 0.3) is 11.0 Å². The zero-order valence-electron chi connectivity index (χ0n) is 19.1. The van der Waals surface area contributed by atoms with Gasteiger partial charge in [0.05, 0.1) is 17.9 Å². The van der Waals surface area contributed by atoms with Crippen molar-refractivity contribution in [2.75, 3.05) is 20.7 Å². The minimum atomic E-state index is -4.40. The summed E-state index contributed by atoms with van der Waals surface area (Å²) in [4.78, 5) is 9.82. The van der Waals surface area contributed by atoms with Crippen molar-refractivity contribution in [3.8, 4) is 0 Å². The van der Waals surface area contributed by atoms with Gasteiger partial charge in [-0.3, -0.25) is 0 Å². The predicted octanol–water partition coefficient (Wildman–Crippen LogP) is 5.86.